The molecule has 0 radical (unpaired) electrons. The van der Waals surface area contributed by atoms with Gasteiger partial charge in [0.1, 0.15) is 6.07 Å². The van der Waals surface area contributed by atoms with E-state index in [1.807, 2.05) is 47.7 Å². The first-order valence-electron chi connectivity index (χ1n) is 13.2. The van der Waals surface area contributed by atoms with E-state index in [1.165, 1.54) is 9.75 Å². The second kappa shape index (κ2) is 12.0. The van der Waals surface area contributed by atoms with Gasteiger partial charge in [-0.25, -0.2) is 0 Å². The highest BCUT2D eigenvalue weighted by atomic mass is 35.5. The van der Waals surface area contributed by atoms with Crippen LogP contribution in [0.5, 0.6) is 0 Å². The van der Waals surface area contributed by atoms with Crippen molar-refractivity contribution in [2.75, 3.05) is 38.5 Å². The SMILES string of the molecule is CN1CCN(Cc2ccc(-c3ccc4c(Nc5ccc(Sc6ccccc6)c(Cl)c5)c(C#N)cnc4c3)s2)CC1. The van der Waals surface area contributed by atoms with Crippen molar-refractivity contribution in [3.63, 3.8) is 0 Å². The Labute approximate surface area is 248 Å². The standard InChI is InChI=1S/C32H28ClN5S2/c1-37-13-15-38(16-14-37)21-26-9-12-30(40-26)22-7-10-27-29(17-22)35-20-23(19-34)32(27)36-24-8-11-31(28(33)18-24)39-25-5-3-2-4-6-25/h2-12,17-18,20H,13-16,21H2,1H3,(H,35,36). The number of piperazine rings is 1. The third-order valence-corrected chi connectivity index (χ3v) is 9.71. The van der Waals surface area contributed by atoms with Crippen LogP contribution in [0.25, 0.3) is 21.3 Å². The number of nitrogens with one attached hydrogen (secondary N) is 1. The lowest BCUT2D eigenvalue weighted by molar-refractivity contribution is 0.149. The van der Waals surface area contributed by atoms with Gasteiger partial charge in [0.05, 0.1) is 21.8 Å². The van der Waals surface area contributed by atoms with Crippen LogP contribution in [-0.2, 0) is 6.54 Å². The Balaban J connectivity index is 1.23. The number of hydrogen-bond donors (Lipinski definition) is 1. The first-order chi connectivity index (χ1) is 19.6. The number of aromatic nitrogens is 1. The normalized spacial score (nSPS) is 14.3. The maximum absolute atomic E-state index is 9.84. The summed E-state index contributed by atoms with van der Waals surface area (Å²) >= 11 is 10.1. The number of likely N-dealkylation sites (N-methyl/N-ethyl adjacent to an activating group) is 1. The van der Waals surface area contributed by atoms with Crippen molar-refractivity contribution in [2.45, 2.75) is 16.3 Å². The van der Waals surface area contributed by atoms with Gasteiger partial charge in [-0.1, -0.05) is 53.7 Å². The van der Waals surface area contributed by atoms with Gasteiger partial charge in [0.25, 0.3) is 0 Å². The fourth-order valence-electron chi connectivity index (χ4n) is 4.83. The third kappa shape index (κ3) is 6.02. The van der Waals surface area contributed by atoms with Crippen molar-refractivity contribution in [1.82, 2.24) is 14.8 Å². The summed E-state index contributed by atoms with van der Waals surface area (Å²) in [4.78, 5) is 14.2. The van der Waals surface area contributed by atoms with Crippen molar-refractivity contribution >= 4 is 57.0 Å². The molecule has 3 heterocycles. The molecular formula is C32H28ClN5S2. The quantitative estimate of drug-likeness (QED) is 0.209. The van der Waals surface area contributed by atoms with E-state index in [9.17, 15) is 5.26 Å². The average Bonchev–Trinajstić information content (AvgIpc) is 3.45. The van der Waals surface area contributed by atoms with Gasteiger partial charge in [-0.3, -0.25) is 9.88 Å². The maximum atomic E-state index is 9.84. The van der Waals surface area contributed by atoms with Crippen LogP contribution >= 0.6 is 34.7 Å². The van der Waals surface area contributed by atoms with Crippen LogP contribution < -0.4 is 5.32 Å². The number of nitriles is 1. The van der Waals surface area contributed by atoms with Crippen LogP contribution in [0.15, 0.2) is 94.9 Å². The minimum Gasteiger partial charge on any atom is -0.354 e. The van der Waals surface area contributed by atoms with E-state index in [2.05, 4.69) is 75.7 Å². The molecule has 5 aromatic rings. The van der Waals surface area contributed by atoms with Gasteiger partial charge in [-0.05, 0) is 61.1 Å². The predicted molar refractivity (Wildman–Crippen MR) is 168 cm³/mol. The Morgan fingerprint density at radius 3 is 2.60 bits per heavy atom. The van der Waals surface area contributed by atoms with Crippen molar-refractivity contribution in [1.29, 1.82) is 5.26 Å². The molecule has 200 valence electrons. The van der Waals surface area contributed by atoms with E-state index in [4.69, 9.17) is 11.6 Å². The van der Waals surface area contributed by atoms with Gasteiger partial charge in [-0.15, -0.1) is 11.3 Å². The number of thiophene rings is 1. The summed E-state index contributed by atoms with van der Waals surface area (Å²) in [6.07, 6.45) is 1.64. The number of nitrogens with zero attached hydrogens (tertiary/aromatic N) is 4. The summed E-state index contributed by atoms with van der Waals surface area (Å²) in [6, 6.07) is 29.1. The summed E-state index contributed by atoms with van der Waals surface area (Å²) in [5.74, 6) is 0. The fourth-order valence-corrected chi connectivity index (χ4v) is 7.01. The monoisotopic (exact) mass is 581 g/mol. The maximum Gasteiger partial charge on any atom is 0.103 e. The van der Waals surface area contributed by atoms with Gasteiger partial charge < -0.3 is 10.2 Å². The molecule has 40 heavy (non-hydrogen) atoms. The van der Waals surface area contributed by atoms with E-state index in [-0.39, 0.29) is 0 Å². The van der Waals surface area contributed by atoms with Gasteiger partial charge >= 0.3 is 0 Å². The van der Waals surface area contributed by atoms with Crippen LogP contribution in [0.3, 0.4) is 0 Å². The number of anilines is 2. The van der Waals surface area contributed by atoms with Crippen LogP contribution in [0, 0.1) is 11.3 Å². The molecule has 0 atom stereocenters. The molecule has 1 aliphatic heterocycles. The number of benzene rings is 3. The number of hydrogen-bond acceptors (Lipinski definition) is 7. The Kier molecular flexibility index (Phi) is 8.05. The molecule has 1 saturated heterocycles. The van der Waals surface area contributed by atoms with Gasteiger partial charge in [0.15, 0.2) is 0 Å². The summed E-state index contributed by atoms with van der Waals surface area (Å²) in [7, 11) is 2.19. The molecule has 1 aliphatic rings. The summed E-state index contributed by atoms with van der Waals surface area (Å²) in [5.41, 5.74) is 4.03. The molecule has 3 aromatic carbocycles. The zero-order valence-electron chi connectivity index (χ0n) is 22.1. The summed E-state index contributed by atoms with van der Waals surface area (Å²) in [6.45, 7) is 5.47. The fraction of sp³-hybridized carbons (Fsp3) is 0.188. The molecule has 8 heteroatoms. The number of halogens is 1. The predicted octanol–water partition coefficient (Wildman–Crippen LogP) is 8.13. The minimum atomic E-state index is 0.490. The van der Waals surface area contributed by atoms with E-state index >= 15 is 0 Å². The molecule has 1 fully saturated rings. The van der Waals surface area contributed by atoms with Crippen molar-refractivity contribution in [3.8, 4) is 16.5 Å². The van der Waals surface area contributed by atoms with Crippen molar-refractivity contribution in [2.24, 2.45) is 0 Å². The highest BCUT2D eigenvalue weighted by Crippen LogP contribution is 2.38. The highest BCUT2D eigenvalue weighted by Gasteiger charge is 2.16. The van der Waals surface area contributed by atoms with Crippen LogP contribution in [0.1, 0.15) is 10.4 Å². The van der Waals surface area contributed by atoms with Crippen LogP contribution in [-0.4, -0.2) is 48.0 Å². The summed E-state index contributed by atoms with van der Waals surface area (Å²) < 4.78 is 0. The van der Waals surface area contributed by atoms with Crippen LogP contribution in [0.2, 0.25) is 5.02 Å². The smallest absolute Gasteiger partial charge is 0.103 e. The highest BCUT2D eigenvalue weighted by molar-refractivity contribution is 7.99. The number of fused-ring (bicyclic) bond motifs is 1. The molecule has 0 aliphatic carbocycles. The van der Waals surface area contributed by atoms with Gasteiger partial charge in [0, 0.05) is 69.5 Å². The Bertz CT molecular complexity index is 1690. The lowest BCUT2D eigenvalue weighted by Gasteiger charge is -2.31. The molecule has 6 rings (SSSR count). The molecule has 1 N–H and O–H groups in total. The second-order valence-electron chi connectivity index (χ2n) is 9.92. The van der Waals surface area contributed by atoms with Gasteiger partial charge in [0.2, 0.25) is 0 Å². The lowest BCUT2D eigenvalue weighted by atomic mass is 10.1. The summed E-state index contributed by atoms with van der Waals surface area (Å²) in [5, 5.41) is 14.8. The minimum absolute atomic E-state index is 0.490. The molecule has 2 aromatic heterocycles. The Morgan fingerprint density at radius 1 is 1.00 bits per heavy atom. The molecule has 0 bridgehead atoms. The molecule has 5 nitrogen and oxygen atoms in total. The van der Waals surface area contributed by atoms with E-state index in [1.54, 1.807) is 18.0 Å². The van der Waals surface area contributed by atoms with E-state index < -0.39 is 0 Å². The molecule has 0 unspecified atom stereocenters. The van der Waals surface area contributed by atoms with Crippen LogP contribution in [0.4, 0.5) is 11.4 Å². The number of pyridine rings is 1. The lowest BCUT2D eigenvalue weighted by Crippen LogP contribution is -2.43. The Hall–Kier alpha value is -3.38. The van der Waals surface area contributed by atoms with Crippen molar-refractivity contribution in [3.05, 3.63) is 101 Å². The van der Waals surface area contributed by atoms with E-state index in [0.717, 1.165) is 70.4 Å². The molecule has 0 amide bonds. The van der Waals surface area contributed by atoms with Crippen molar-refractivity contribution < 1.29 is 0 Å². The molecular weight excluding hydrogens is 554 g/mol. The second-order valence-corrected chi connectivity index (χ2v) is 12.6. The molecule has 0 saturated carbocycles. The largest absolute Gasteiger partial charge is 0.354 e. The first-order valence-corrected chi connectivity index (χ1v) is 15.2. The zero-order chi connectivity index (χ0) is 27.5. The molecule has 0 spiro atoms. The van der Waals surface area contributed by atoms with E-state index in [0.29, 0.717) is 10.6 Å². The number of rotatable bonds is 7. The average molecular weight is 582 g/mol. The Morgan fingerprint density at radius 2 is 1.82 bits per heavy atom. The zero-order valence-corrected chi connectivity index (χ0v) is 24.5. The third-order valence-electron chi connectivity index (χ3n) is 7.08. The first kappa shape index (κ1) is 26.8. The van der Waals surface area contributed by atoms with Gasteiger partial charge in [-0.2, -0.15) is 5.26 Å². The topological polar surface area (TPSA) is 55.2 Å².